The van der Waals surface area contributed by atoms with Gasteiger partial charge in [-0.05, 0) is 24.3 Å². The Hall–Kier alpha value is -3.98. The smallest absolute Gasteiger partial charge is 0.337 e. The number of hydrogen-bond donors (Lipinski definition) is 2. The lowest BCUT2D eigenvalue weighted by molar-refractivity contribution is -0.136. The molecule has 9 nitrogen and oxygen atoms in total. The van der Waals surface area contributed by atoms with E-state index in [-0.39, 0.29) is 36.9 Å². The third-order valence-electron chi connectivity index (χ3n) is 5.04. The van der Waals surface area contributed by atoms with Crippen molar-refractivity contribution < 1.29 is 24.2 Å². The molecule has 0 unspecified atom stereocenters. The number of fused-ring (bicyclic) bond motifs is 1. The molecule has 2 aromatic carbocycles. The number of anilines is 1. The third-order valence-corrected chi connectivity index (χ3v) is 5.04. The van der Waals surface area contributed by atoms with Gasteiger partial charge in [-0.3, -0.25) is 14.2 Å². The first-order chi connectivity index (χ1) is 15.0. The van der Waals surface area contributed by atoms with Gasteiger partial charge in [-0.25, -0.2) is 9.78 Å². The van der Waals surface area contributed by atoms with Gasteiger partial charge < -0.3 is 20.1 Å². The molecule has 0 bridgehead atoms. The molecule has 0 atom stereocenters. The van der Waals surface area contributed by atoms with Gasteiger partial charge in [0, 0.05) is 6.54 Å². The molecule has 1 aliphatic rings. The zero-order valence-corrected chi connectivity index (χ0v) is 16.7. The average Bonchev–Trinajstić information content (AvgIpc) is 3.36. The number of methoxy groups -OCH3 is 1. The predicted molar refractivity (Wildman–Crippen MR) is 112 cm³/mol. The molecule has 0 aliphatic carbocycles. The fraction of sp³-hybridized carbons (Fsp3) is 0.182. The van der Waals surface area contributed by atoms with Crippen molar-refractivity contribution in [1.82, 2.24) is 14.5 Å². The van der Waals surface area contributed by atoms with Crippen molar-refractivity contribution in [2.45, 2.75) is 0 Å². The average molecular weight is 420 g/mol. The highest BCUT2D eigenvalue weighted by atomic mass is 16.5. The van der Waals surface area contributed by atoms with E-state index in [1.807, 2.05) is 18.2 Å². The Morgan fingerprint density at radius 2 is 1.90 bits per heavy atom. The summed E-state index contributed by atoms with van der Waals surface area (Å²) in [5.74, 6) is -1.44. The van der Waals surface area contributed by atoms with Gasteiger partial charge in [-0.2, -0.15) is 0 Å². The number of nitrogens with one attached hydrogen (secondary N) is 1. The van der Waals surface area contributed by atoms with Crippen molar-refractivity contribution in [2.75, 3.05) is 32.1 Å². The van der Waals surface area contributed by atoms with Crippen LogP contribution in [0.2, 0.25) is 0 Å². The molecule has 9 heteroatoms. The second-order valence-corrected chi connectivity index (χ2v) is 6.87. The maximum absolute atomic E-state index is 13.3. The van der Waals surface area contributed by atoms with Crippen LogP contribution in [-0.4, -0.2) is 64.1 Å². The number of rotatable bonds is 6. The number of imidazole rings is 1. The topological polar surface area (TPSA) is 114 Å². The molecule has 3 aromatic rings. The van der Waals surface area contributed by atoms with Crippen LogP contribution in [0.4, 0.5) is 5.69 Å². The number of carbonyl (C=O) groups excluding carboxylic acids is 3. The molecule has 1 aromatic heterocycles. The molecule has 158 valence electrons. The second-order valence-electron chi connectivity index (χ2n) is 6.87. The minimum atomic E-state index is -0.652. The van der Waals surface area contributed by atoms with Crippen LogP contribution in [-0.2, 0) is 14.3 Å². The van der Waals surface area contributed by atoms with Gasteiger partial charge in [0.25, 0.3) is 11.8 Å². The molecule has 31 heavy (non-hydrogen) atoms. The lowest BCUT2D eigenvalue weighted by Gasteiger charge is -2.16. The van der Waals surface area contributed by atoms with Crippen molar-refractivity contribution in [3.63, 3.8) is 0 Å². The quantitative estimate of drug-likeness (QED) is 0.580. The predicted octanol–water partition coefficient (Wildman–Crippen LogP) is 1.40. The standard InChI is InChI=1S/C22H20N4O5/c1-31-22(30)15-12-25(10-11-27)21(29)19(15)24-16-7-3-2-6-14(16)20(28)26-13-23-17-8-4-5-9-18(17)26/h2-9,13,24,27H,10-12H2,1H3. The maximum Gasteiger partial charge on any atom is 0.337 e. The van der Waals surface area contributed by atoms with Gasteiger partial charge in [0.05, 0.1) is 48.1 Å². The van der Waals surface area contributed by atoms with Crippen LogP contribution in [0, 0.1) is 0 Å². The highest BCUT2D eigenvalue weighted by Gasteiger charge is 2.35. The number of ether oxygens (including phenoxy) is 1. The number of benzene rings is 2. The summed E-state index contributed by atoms with van der Waals surface area (Å²) < 4.78 is 6.23. The van der Waals surface area contributed by atoms with Gasteiger partial charge in [-0.1, -0.05) is 24.3 Å². The first kappa shape index (κ1) is 20.3. The van der Waals surface area contributed by atoms with E-state index in [0.717, 1.165) is 0 Å². The highest BCUT2D eigenvalue weighted by molar-refractivity contribution is 6.10. The summed E-state index contributed by atoms with van der Waals surface area (Å²) in [6, 6.07) is 14.0. The van der Waals surface area contributed by atoms with Gasteiger partial charge in [-0.15, -0.1) is 0 Å². The third kappa shape index (κ3) is 3.66. The Labute approximate surface area is 177 Å². The van der Waals surface area contributed by atoms with Crippen molar-refractivity contribution in [1.29, 1.82) is 0 Å². The van der Waals surface area contributed by atoms with Crippen molar-refractivity contribution in [3.05, 3.63) is 71.7 Å². The number of hydrogen-bond acceptors (Lipinski definition) is 7. The Morgan fingerprint density at radius 3 is 2.68 bits per heavy atom. The fourth-order valence-corrected chi connectivity index (χ4v) is 3.51. The number of carbonyl (C=O) groups is 3. The molecule has 4 rings (SSSR count). The van der Waals surface area contributed by atoms with Crippen LogP contribution in [0.25, 0.3) is 11.0 Å². The largest absolute Gasteiger partial charge is 0.466 e. The molecular formula is C22H20N4O5. The molecule has 2 N–H and O–H groups in total. The summed E-state index contributed by atoms with van der Waals surface area (Å²) in [5, 5.41) is 12.2. The lowest BCUT2D eigenvalue weighted by atomic mass is 10.1. The summed E-state index contributed by atoms with van der Waals surface area (Å²) >= 11 is 0. The van der Waals surface area contributed by atoms with Crippen molar-refractivity contribution >= 4 is 34.5 Å². The highest BCUT2D eigenvalue weighted by Crippen LogP contribution is 2.26. The zero-order valence-electron chi connectivity index (χ0n) is 16.7. The minimum Gasteiger partial charge on any atom is -0.466 e. The number of nitrogens with zero attached hydrogens (tertiary/aromatic N) is 3. The van der Waals surface area contributed by atoms with Gasteiger partial charge in [0.2, 0.25) is 0 Å². The monoisotopic (exact) mass is 420 g/mol. The lowest BCUT2D eigenvalue weighted by Crippen LogP contribution is -2.31. The zero-order chi connectivity index (χ0) is 22.0. The molecular weight excluding hydrogens is 400 g/mol. The van der Waals surface area contributed by atoms with Crippen LogP contribution in [0.3, 0.4) is 0 Å². The van der Waals surface area contributed by atoms with Gasteiger partial charge in [0.1, 0.15) is 12.0 Å². The maximum atomic E-state index is 13.3. The molecule has 0 fully saturated rings. The van der Waals surface area contributed by atoms with E-state index in [1.54, 1.807) is 30.3 Å². The molecule has 1 aliphatic heterocycles. The van der Waals surface area contributed by atoms with E-state index in [9.17, 15) is 19.5 Å². The van der Waals surface area contributed by atoms with E-state index in [1.165, 1.54) is 22.9 Å². The number of aliphatic hydroxyl groups is 1. The summed E-state index contributed by atoms with van der Waals surface area (Å²) in [6.07, 6.45) is 1.45. The molecule has 1 amide bonds. The number of para-hydroxylation sites is 3. The number of esters is 1. The number of β-amino-alcohol motifs (C(OH)–C–C–N with tert-alkyl or cyclic N) is 1. The first-order valence-corrected chi connectivity index (χ1v) is 9.59. The van der Waals surface area contributed by atoms with E-state index < -0.39 is 11.9 Å². The normalized spacial score (nSPS) is 13.7. The molecule has 0 radical (unpaired) electrons. The van der Waals surface area contributed by atoms with Crippen LogP contribution >= 0.6 is 0 Å². The molecule has 0 saturated heterocycles. The van der Waals surface area contributed by atoms with E-state index in [4.69, 9.17) is 4.74 Å². The van der Waals surface area contributed by atoms with Gasteiger partial charge >= 0.3 is 5.97 Å². The van der Waals surface area contributed by atoms with Crippen LogP contribution in [0.5, 0.6) is 0 Å². The van der Waals surface area contributed by atoms with Crippen LogP contribution < -0.4 is 5.32 Å². The number of aliphatic hydroxyl groups excluding tert-OH is 1. The SMILES string of the molecule is COC(=O)C1=C(Nc2ccccc2C(=O)n2cnc3ccccc32)C(=O)N(CCO)C1. The summed E-state index contributed by atoms with van der Waals surface area (Å²) in [5.41, 5.74) is 2.16. The number of amides is 1. The van der Waals surface area contributed by atoms with E-state index >= 15 is 0 Å². The number of aromatic nitrogens is 2. The van der Waals surface area contributed by atoms with Crippen LogP contribution in [0.1, 0.15) is 10.4 Å². The fourth-order valence-electron chi connectivity index (χ4n) is 3.51. The second kappa shape index (κ2) is 8.41. The Bertz CT molecular complexity index is 1210. The first-order valence-electron chi connectivity index (χ1n) is 9.59. The Morgan fingerprint density at radius 1 is 1.16 bits per heavy atom. The minimum absolute atomic E-state index is 0.0106. The van der Waals surface area contributed by atoms with Gasteiger partial charge in [0.15, 0.2) is 0 Å². The summed E-state index contributed by atoms with van der Waals surface area (Å²) in [4.78, 5) is 43.9. The summed E-state index contributed by atoms with van der Waals surface area (Å²) in [7, 11) is 1.23. The van der Waals surface area contributed by atoms with Crippen LogP contribution in [0.15, 0.2) is 66.1 Å². The van der Waals surface area contributed by atoms with Crippen molar-refractivity contribution in [2.24, 2.45) is 0 Å². The Balaban J connectivity index is 1.72. The van der Waals surface area contributed by atoms with E-state index in [0.29, 0.717) is 22.3 Å². The molecule has 2 heterocycles. The summed E-state index contributed by atoms with van der Waals surface area (Å²) in [6.45, 7) is -0.154. The van der Waals surface area contributed by atoms with E-state index in [2.05, 4.69) is 10.3 Å². The Kier molecular flexibility index (Phi) is 5.50. The molecule has 0 spiro atoms. The van der Waals surface area contributed by atoms with Crippen molar-refractivity contribution in [3.8, 4) is 0 Å². The molecule has 0 saturated carbocycles.